The Kier molecular flexibility index (Phi) is 12.2. The zero-order chi connectivity index (χ0) is 29.9. The number of aliphatic carboxylic acids is 1. The van der Waals surface area contributed by atoms with Gasteiger partial charge < -0.3 is 24.1 Å². The lowest BCUT2D eigenvalue weighted by Crippen LogP contribution is -2.26. The van der Waals surface area contributed by atoms with Crippen LogP contribution in [0.3, 0.4) is 0 Å². The molecule has 0 aliphatic carbocycles. The lowest BCUT2D eigenvalue weighted by Gasteiger charge is -2.13. The molecular weight excluding hydrogens is 614 g/mol. The van der Waals surface area contributed by atoms with E-state index in [0.717, 1.165) is 23.8 Å². The molecular formula is C27H25BrF6O6. The molecule has 0 bridgehead atoms. The van der Waals surface area contributed by atoms with Crippen molar-refractivity contribution >= 4 is 21.9 Å². The van der Waals surface area contributed by atoms with Gasteiger partial charge in [-0.15, -0.1) is 0 Å². The third-order valence-corrected chi connectivity index (χ3v) is 5.40. The van der Waals surface area contributed by atoms with Crippen LogP contribution in [0, 0.1) is 11.8 Å². The van der Waals surface area contributed by atoms with Crippen molar-refractivity contribution in [1.29, 1.82) is 0 Å². The number of benzene rings is 2. The number of carboxylic acids is 1. The van der Waals surface area contributed by atoms with Crippen LogP contribution >= 0.6 is 15.9 Å². The van der Waals surface area contributed by atoms with Gasteiger partial charge in [-0.25, -0.2) is 4.79 Å². The Hall–Kier alpha value is -3.37. The normalized spacial score (nSPS) is 12.8. The summed E-state index contributed by atoms with van der Waals surface area (Å²) in [6, 6.07) is 8.31. The van der Waals surface area contributed by atoms with Crippen molar-refractivity contribution in [1.82, 2.24) is 0 Å². The second-order valence-corrected chi connectivity index (χ2v) is 9.05. The van der Waals surface area contributed by atoms with E-state index < -0.39 is 37.6 Å². The van der Waals surface area contributed by atoms with Gasteiger partial charge in [0.2, 0.25) is 0 Å². The Balaban J connectivity index is 2.09. The Morgan fingerprint density at radius 1 is 1.00 bits per heavy atom. The molecule has 0 heterocycles. The van der Waals surface area contributed by atoms with E-state index in [1.54, 1.807) is 38.1 Å². The van der Waals surface area contributed by atoms with Crippen LogP contribution in [-0.2, 0) is 16.0 Å². The first kappa shape index (κ1) is 32.8. The second kappa shape index (κ2) is 14.9. The van der Waals surface area contributed by atoms with Crippen molar-refractivity contribution in [2.24, 2.45) is 0 Å². The third-order valence-electron chi connectivity index (χ3n) is 4.78. The molecule has 6 nitrogen and oxygen atoms in total. The first-order valence-electron chi connectivity index (χ1n) is 11.6. The number of ether oxygens (including phenoxy) is 4. The topological polar surface area (TPSA) is 74.2 Å². The number of carbonyl (C=O) groups is 1. The zero-order valence-corrected chi connectivity index (χ0v) is 22.9. The highest BCUT2D eigenvalue weighted by atomic mass is 79.9. The molecule has 1 unspecified atom stereocenters. The van der Waals surface area contributed by atoms with E-state index in [1.165, 1.54) is 0 Å². The molecule has 0 aliphatic heterocycles. The monoisotopic (exact) mass is 638 g/mol. The fraction of sp³-hybridized carbons (Fsp3) is 0.370. The van der Waals surface area contributed by atoms with Gasteiger partial charge in [0.05, 0.1) is 4.47 Å². The molecule has 0 aliphatic rings. The highest BCUT2D eigenvalue weighted by Gasteiger charge is 2.30. The number of hydrogen-bond acceptors (Lipinski definition) is 5. The van der Waals surface area contributed by atoms with Gasteiger partial charge in [0, 0.05) is 24.7 Å². The Morgan fingerprint density at radius 2 is 1.60 bits per heavy atom. The number of halogens is 7. The number of carboxylic acid groups (broad SMARTS) is 1. The molecule has 1 N–H and O–H groups in total. The van der Waals surface area contributed by atoms with Gasteiger partial charge in [0.15, 0.2) is 19.3 Å². The molecule has 1 atom stereocenters. The summed E-state index contributed by atoms with van der Waals surface area (Å²) in [5.74, 6) is 4.12. The summed E-state index contributed by atoms with van der Waals surface area (Å²) in [5.41, 5.74) is 1.31. The minimum Gasteiger partial charge on any atom is -0.488 e. The Labute approximate surface area is 235 Å². The SMILES string of the molecule is CCOC(Cc1ccc(OC/C=C(/C)C#Cc2cc(OCC(F)(F)F)cc(OCC(F)(F)F)c2)c(Br)c1)C(=O)O. The summed E-state index contributed by atoms with van der Waals surface area (Å²) >= 11 is 3.38. The molecule has 0 saturated heterocycles. The third kappa shape index (κ3) is 12.7. The molecule has 2 rings (SSSR count). The summed E-state index contributed by atoms with van der Waals surface area (Å²) in [7, 11) is 0. The van der Waals surface area contributed by atoms with Crippen LogP contribution in [0.5, 0.6) is 17.2 Å². The zero-order valence-electron chi connectivity index (χ0n) is 21.3. The Morgan fingerprint density at radius 3 is 2.10 bits per heavy atom. The quantitative estimate of drug-likeness (QED) is 0.205. The molecule has 2 aromatic carbocycles. The molecule has 0 fully saturated rings. The average molecular weight is 639 g/mol. The van der Waals surface area contributed by atoms with Gasteiger partial charge >= 0.3 is 18.3 Å². The van der Waals surface area contributed by atoms with E-state index in [1.807, 2.05) is 0 Å². The van der Waals surface area contributed by atoms with Gasteiger partial charge in [0.1, 0.15) is 23.9 Å². The van der Waals surface area contributed by atoms with Gasteiger partial charge in [0.25, 0.3) is 0 Å². The van der Waals surface area contributed by atoms with Crippen LogP contribution in [0.1, 0.15) is 25.0 Å². The summed E-state index contributed by atoms with van der Waals surface area (Å²) in [6.07, 6.45) is -8.48. The van der Waals surface area contributed by atoms with Crippen LogP contribution in [0.25, 0.3) is 0 Å². The maximum atomic E-state index is 12.5. The lowest BCUT2D eigenvalue weighted by atomic mass is 10.1. The van der Waals surface area contributed by atoms with Crippen LogP contribution < -0.4 is 14.2 Å². The summed E-state index contributed by atoms with van der Waals surface area (Å²) in [5, 5.41) is 9.23. The highest BCUT2D eigenvalue weighted by molar-refractivity contribution is 9.10. The van der Waals surface area contributed by atoms with Crippen LogP contribution in [0.15, 0.2) is 52.5 Å². The van der Waals surface area contributed by atoms with Crippen molar-refractivity contribution in [3.8, 4) is 29.1 Å². The van der Waals surface area contributed by atoms with E-state index in [-0.39, 0.29) is 36.7 Å². The van der Waals surface area contributed by atoms with Gasteiger partial charge in [-0.2, -0.15) is 26.3 Å². The number of allylic oxidation sites excluding steroid dienone is 1. The number of rotatable bonds is 12. The molecule has 0 spiro atoms. The molecule has 40 heavy (non-hydrogen) atoms. The standard InChI is InChI=1S/C27H25BrF6O6/c1-3-37-24(25(35)36)13-19-6-7-23(22(28)12-19)38-9-8-17(2)4-5-18-10-20(39-15-26(29,30)31)14-21(11-18)40-16-27(32,33)34/h6-8,10-12,14,24H,3,9,13,15-16H2,1-2H3,(H,35,36)/b17-8-. The smallest absolute Gasteiger partial charge is 0.422 e. The molecule has 0 saturated carbocycles. The van der Waals surface area contributed by atoms with E-state index >= 15 is 0 Å². The minimum atomic E-state index is -4.65. The molecule has 218 valence electrons. The van der Waals surface area contributed by atoms with Crippen LogP contribution in [0.2, 0.25) is 0 Å². The minimum absolute atomic E-state index is 0.0792. The van der Waals surface area contributed by atoms with Crippen LogP contribution in [-0.4, -0.2) is 56.0 Å². The molecule has 0 amide bonds. The van der Waals surface area contributed by atoms with E-state index in [9.17, 15) is 36.2 Å². The average Bonchev–Trinajstić information content (AvgIpc) is 2.85. The highest BCUT2D eigenvalue weighted by Crippen LogP contribution is 2.28. The van der Waals surface area contributed by atoms with Crippen molar-refractivity contribution in [2.45, 2.75) is 38.7 Å². The maximum Gasteiger partial charge on any atom is 0.422 e. The number of hydrogen-bond donors (Lipinski definition) is 1. The largest absolute Gasteiger partial charge is 0.488 e. The van der Waals surface area contributed by atoms with E-state index in [4.69, 9.17) is 9.47 Å². The predicted octanol–water partition coefficient (Wildman–Crippen LogP) is 6.74. The lowest BCUT2D eigenvalue weighted by molar-refractivity contribution is -0.154. The molecule has 2 aromatic rings. The van der Waals surface area contributed by atoms with E-state index in [2.05, 4.69) is 37.2 Å². The van der Waals surface area contributed by atoms with Gasteiger partial charge in [-0.1, -0.05) is 17.9 Å². The predicted molar refractivity (Wildman–Crippen MR) is 137 cm³/mol. The van der Waals surface area contributed by atoms with Gasteiger partial charge in [-0.3, -0.25) is 0 Å². The molecule has 0 aromatic heterocycles. The first-order valence-corrected chi connectivity index (χ1v) is 12.4. The van der Waals surface area contributed by atoms with Crippen molar-refractivity contribution < 1.29 is 55.2 Å². The molecule has 0 radical (unpaired) electrons. The maximum absolute atomic E-state index is 12.5. The van der Waals surface area contributed by atoms with Crippen molar-refractivity contribution in [2.75, 3.05) is 26.4 Å². The summed E-state index contributed by atoms with van der Waals surface area (Å²) in [4.78, 5) is 11.3. The van der Waals surface area contributed by atoms with Crippen molar-refractivity contribution in [3.05, 3.63) is 63.6 Å². The second-order valence-electron chi connectivity index (χ2n) is 8.20. The fourth-order valence-corrected chi connectivity index (χ4v) is 3.58. The number of alkyl halides is 6. The first-order chi connectivity index (χ1) is 18.6. The van der Waals surface area contributed by atoms with Crippen molar-refractivity contribution in [3.63, 3.8) is 0 Å². The van der Waals surface area contributed by atoms with Crippen LogP contribution in [0.4, 0.5) is 26.3 Å². The molecule has 13 heteroatoms. The summed E-state index contributed by atoms with van der Waals surface area (Å²) in [6.45, 7) is 0.419. The Bertz CT molecular complexity index is 1210. The van der Waals surface area contributed by atoms with E-state index in [0.29, 0.717) is 15.8 Å². The fourth-order valence-electron chi connectivity index (χ4n) is 3.04. The van der Waals surface area contributed by atoms with Gasteiger partial charge in [-0.05, 0) is 71.3 Å². The summed E-state index contributed by atoms with van der Waals surface area (Å²) < 4.78 is 95.8.